The van der Waals surface area contributed by atoms with Crippen LogP contribution in [0.15, 0.2) is 41.7 Å². The highest BCUT2D eigenvalue weighted by molar-refractivity contribution is 5.92. The second-order valence-corrected chi connectivity index (χ2v) is 10.8. The van der Waals surface area contributed by atoms with E-state index in [1.807, 2.05) is 38.5 Å². The normalized spacial score (nSPS) is 32.3. The number of amidine groups is 1. The van der Waals surface area contributed by atoms with Crippen molar-refractivity contribution in [3.05, 3.63) is 42.2 Å². The molecule has 3 unspecified atom stereocenters. The van der Waals surface area contributed by atoms with E-state index < -0.39 is 5.41 Å². The lowest BCUT2D eigenvalue weighted by Gasteiger charge is -2.57. The molecule has 3 atom stereocenters. The zero-order chi connectivity index (χ0) is 23.4. The van der Waals surface area contributed by atoms with Crippen molar-refractivity contribution in [3.63, 3.8) is 0 Å². The van der Waals surface area contributed by atoms with Crippen molar-refractivity contribution in [3.8, 4) is 17.2 Å². The predicted molar refractivity (Wildman–Crippen MR) is 127 cm³/mol. The molecule has 33 heavy (non-hydrogen) atoms. The van der Waals surface area contributed by atoms with Gasteiger partial charge in [-0.05, 0) is 67.9 Å². The maximum absolute atomic E-state index is 12.3. The van der Waals surface area contributed by atoms with Crippen molar-refractivity contribution in [2.75, 3.05) is 0 Å². The Bertz CT molecular complexity index is 1130. The van der Waals surface area contributed by atoms with Crippen LogP contribution in [0.5, 0.6) is 0 Å². The van der Waals surface area contributed by atoms with Crippen molar-refractivity contribution in [1.82, 2.24) is 9.78 Å². The number of aromatic nitrogens is 2. The quantitative estimate of drug-likeness (QED) is 0.524. The minimum atomic E-state index is -0.668. The number of rotatable bonds is 6. The van der Waals surface area contributed by atoms with Crippen LogP contribution in [0.2, 0.25) is 0 Å². The number of benzene rings is 1. The fourth-order valence-electron chi connectivity index (χ4n) is 6.91. The number of aryl methyl sites for hydroxylation is 1. The first-order chi connectivity index (χ1) is 15.7. The smallest absolute Gasteiger partial charge is 0.223 e. The van der Waals surface area contributed by atoms with E-state index in [9.17, 15) is 10.1 Å². The fourth-order valence-corrected chi connectivity index (χ4v) is 6.91. The Hall–Kier alpha value is -3.14. The predicted octanol–water partition coefficient (Wildman–Crippen LogP) is 3.30. The number of primary amides is 1. The van der Waals surface area contributed by atoms with Crippen LogP contribution < -0.4 is 11.5 Å². The maximum atomic E-state index is 12.3. The molecule has 0 radical (unpaired) electrons. The lowest BCUT2D eigenvalue weighted by molar-refractivity contribution is -0.144. The van der Waals surface area contributed by atoms with E-state index in [0.29, 0.717) is 23.6 Å². The van der Waals surface area contributed by atoms with Gasteiger partial charge in [0.2, 0.25) is 5.91 Å². The lowest BCUT2D eigenvalue weighted by Crippen LogP contribution is -2.57. The topological polar surface area (TPSA) is 123 Å². The van der Waals surface area contributed by atoms with Crippen molar-refractivity contribution in [1.29, 1.82) is 5.26 Å². The van der Waals surface area contributed by atoms with Gasteiger partial charge in [-0.25, -0.2) is 0 Å². The third kappa shape index (κ3) is 3.52. The SMILES string of the molecule is Cn1cc(-c2ccc(C(C)(CC#N)C(N)=NC3C4CC5CC3CC(C(N)=O)(C5)C4)cc2)cn1. The number of nitrogens with two attached hydrogens (primary N) is 2. The molecule has 6 rings (SSSR count). The second kappa shape index (κ2) is 7.72. The van der Waals surface area contributed by atoms with Gasteiger partial charge in [0.1, 0.15) is 5.84 Å². The first kappa shape index (κ1) is 21.7. The molecule has 1 aromatic carbocycles. The van der Waals surface area contributed by atoms with Crippen LogP contribution in [-0.2, 0) is 17.3 Å². The van der Waals surface area contributed by atoms with Gasteiger partial charge in [-0.1, -0.05) is 24.3 Å². The van der Waals surface area contributed by atoms with Gasteiger partial charge >= 0.3 is 0 Å². The molecule has 4 aliphatic rings. The minimum Gasteiger partial charge on any atom is -0.387 e. The summed E-state index contributed by atoms with van der Waals surface area (Å²) >= 11 is 0. The average Bonchev–Trinajstić information content (AvgIpc) is 3.22. The molecule has 4 saturated carbocycles. The number of nitriles is 1. The molecule has 0 saturated heterocycles. The monoisotopic (exact) mass is 444 g/mol. The summed E-state index contributed by atoms with van der Waals surface area (Å²) < 4.78 is 1.78. The Balaban J connectivity index is 1.43. The molecule has 4 aliphatic carbocycles. The first-order valence-electron chi connectivity index (χ1n) is 11.8. The summed E-state index contributed by atoms with van der Waals surface area (Å²) in [7, 11) is 1.90. The van der Waals surface area contributed by atoms with E-state index in [4.69, 9.17) is 16.5 Å². The zero-order valence-electron chi connectivity index (χ0n) is 19.4. The van der Waals surface area contributed by atoms with Crippen molar-refractivity contribution < 1.29 is 4.79 Å². The van der Waals surface area contributed by atoms with Gasteiger partial charge in [-0.15, -0.1) is 0 Å². The van der Waals surface area contributed by atoms with E-state index in [1.165, 1.54) is 0 Å². The highest BCUT2D eigenvalue weighted by atomic mass is 16.1. The third-order valence-corrected chi connectivity index (χ3v) is 8.59. The first-order valence-corrected chi connectivity index (χ1v) is 11.8. The number of hydrogen-bond acceptors (Lipinski definition) is 4. The van der Waals surface area contributed by atoms with Crippen LogP contribution in [0.4, 0.5) is 0 Å². The largest absolute Gasteiger partial charge is 0.387 e. The number of hydrogen-bond donors (Lipinski definition) is 2. The van der Waals surface area contributed by atoms with Crippen LogP contribution in [0.3, 0.4) is 0 Å². The van der Waals surface area contributed by atoms with E-state index in [0.717, 1.165) is 48.8 Å². The van der Waals surface area contributed by atoms with Crippen LogP contribution in [0.25, 0.3) is 11.1 Å². The molecule has 2 aromatic rings. The van der Waals surface area contributed by atoms with Gasteiger partial charge in [-0.2, -0.15) is 10.4 Å². The molecule has 0 aliphatic heterocycles. The molecular formula is C26H32N6O. The Kier molecular flexibility index (Phi) is 5.08. The molecule has 1 amide bonds. The van der Waals surface area contributed by atoms with Gasteiger partial charge in [0.05, 0.1) is 30.1 Å². The number of carbonyl (C=O) groups excluding carboxylic acids is 1. The number of aliphatic imine (C=N–C) groups is 1. The fraction of sp³-hybridized carbons (Fsp3) is 0.538. The van der Waals surface area contributed by atoms with Gasteiger partial charge < -0.3 is 11.5 Å². The van der Waals surface area contributed by atoms with E-state index >= 15 is 0 Å². The molecule has 1 heterocycles. The average molecular weight is 445 g/mol. The van der Waals surface area contributed by atoms with E-state index in [1.54, 1.807) is 4.68 Å². The van der Waals surface area contributed by atoms with Crippen LogP contribution in [0.1, 0.15) is 51.0 Å². The van der Waals surface area contributed by atoms with Crippen LogP contribution >= 0.6 is 0 Å². The Morgan fingerprint density at radius 1 is 1.21 bits per heavy atom. The minimum absolute atomic E-state index is 0.113. The highest BCUT2D eigenvalue weighted by Crippen LogP contribution is 2.60. The molecule has 4 fully saturated rings. The summed E-state index contributed by atoms with van der Waals surface area (Å²) in [6, 6.07) is 10.6. The Morgan fingerprint density at radius 3 is 2.42 bits per heavy atom. The number of nitrogens with zero attached hydrogens (tertiary/aromatic N) is 4. The summed E-state index contributed by atoms with van der Waals surface area (Å²) in [5.74, 6) is 1.65. The Labute approximate surface area is 194 Å². The maximum Gasteiger partial charge on any atom is 0.223 e. The van der Waals surface area contributed by atoms with Gasteiger partial charge in [0.15, 0.2) is 0 Å². The van der Waals surface area contributed by atoms with Crippen molar-refractivity contribution in [2.45, 2.75) is 56.9 Å². The number of carbonyl (C=O) groups is 1. The molecule has 1 aromatic heterocycles. The lowest BCUT2D eigenvalue weighted by atomic mass is 9.47. The molecular weight excluding hydrogens is 412 g/mol. The van der Waals surface area contributed by atoms with Crippen molar-refractivity contribution >= 4 is 11.7 Å². The van der Waals surface area contributed by atoms with Gasteiger partial charge in [-0.3, -0.25) is 14.5 Å². The summed E-state index contributed by atoms with van der Waals surface area (Å²) in [6.07, 6.45) is 8.86. The third-order valence-electron chi connectivity index (χ3n) is 8.59. The molecule has 7 nitrogen and oxygen atoms in total. The van der Waals surface area contributed by atoms with Gasteiger partial charge in [0.25, 0.3) is 0 Å². The summed E-state index contributed by atoms with van der Waals surface area (Å²) in [4.78, 5) is 17.4. The summed E-state index contributed by atoms with van der Waals surface area (Å²) in [6.45, 7) is 2.01. The molecule has 0 spiro atoms. The van der Waals surface area contributed by atoms with Gasteiger partial charge in [0, 0.05) is 24.2 Å². The molecule has 4 bridgehead atoms. The van der Waals surface area contributed by atoms with Crippen LogP contribution in [0, 0.1) is 34.5 Å². The summed E-state index contributed by atoms with van der Waals surface area (Å²) in [5.41, 5.74) is 14.6. The van der Waals surface area contributed by atoms with Crippen LogP contribution in [-0.4, -0.2) is 27.6 Å². The zero-order valence-corrected chi connectivity index (χ0v) is 19.4. The summed E-state index contributed by atoms with van der Waals surface area (Å²) in [5, 5.41) is 13.9. The van der Waals surface area contributed by atoms with Crippen molar-refractivity contribution in [2.24, 2.45) is 46.7 Å². The number of amides is 1. The van der Waals surface area contributed by atoms with E-state index in [2.05, 4.69) is 23.3 Å². The molecule has 4 N–H and O–H groups in total. The Morgan fingerprint density at radius 2 is 1.88 bits per heavy atom. The standard InChI is InChI=1S/C26H32N6O/c1-25(7-8-27,21-5-3-17(4-6-21)20-14-30-32(2)15-20)23(28)31-22-18-9-16-10-19(22)13-26(11-16,12-18)24(29)33/h3-6,14-16,18-19,22H,7,9-13H2,1-2H3,(H2,28,31)(H2,29,33). The van der Waals surface area contributed by atoms with E-state index in [-0.39, 0.29) is 23.8 Å². The molecule has 7 heteroatoms. The second-order valence-electron chi connectivity index (χ2n) is 10.8. The molecule has 172 valence electrons. The highest BCUT2D eigenvalue weighted by Gasteiger charge is 2.58.